The first kappa shape index (κ1) is 15.8. The van der Waals surface area contributed by atoms with Crippen LogP contribution in [0.1, 0.15) is 13.3 Å². The van der Waals surface area contributed by atoms with Crippen LogP contribution in [0.4, 0.5) is 8.78 Å². The predicted octanol–water partition coefficient (Wildman–Crippen LogP) is 1.79. The first-order valence-corrected chi connectivity index (χ1v) is 7.66. The Morgan fingerprint density at radius 1 is 1.48 bits per heavy atom. The Labute approximate surface area is 125 Å². The molecule has 1 heterocycles. The molecule has 1 aromatic carbocycles. The molecule has 1 fully saturated rings. The minimum absolute atomic E-state index is 0.0202. The van der Waals surface area contributed by atoms with Gasteiger partial charge in [-0.1, -0.05) is 6.92 Å². The molecule has 0 spiro atoms. The number of rotatable bonds is 4. The minimum atomic E-state index is -0.684. The molecule has 1 saturated heterocycles. The molecule has 4 nitrogen and oxygen atoms in total. The lowest BCUT2D eigenvalue weighted by Gasteiger charge is -2.34. The van der Waals surface area contributed by atoms with Gasteiger partial charge in [0, 0.05) is 24.1 Å². The predicted molar refractivity (Wildman–Crippen MR) is 75.9 cm³/mol. The van der Waals surface area contributed by atoms with Gasteiger partial charge in [0.05, 0.1) is 5.75 Å². The first-order valence-electron chi connectivity index (χ1n) is 6.68. The van der Waals surface area contributed by atoms with Gasteiger partial charge in [-0.15, -0.1) is 11.8 Å². The number of hydrogen-bond acceptors (Lipinski definition) is 3. The lowest BCUT2D eigenvalue weighted by atomic mass is 10.1. The summed E-state index contributed by atoms with van der Waals surface area (Å²) in [5.41, 5.74) is 0. The van der Waals surface area contributed by atoms with Gasteiger partial charge in [-0.05, 0) is 18.6 Å². The number of hydrogen-bond donors (Lipinski definition) is 1. The molecule has 1 unspecified atom stereocenters. The molecule has 0 bridgehead atoms. The number of piperazine rings is 1. The molecule has 0 radical (unpaired) electrons. The Morgan fingerprint density at radius 3 is 2.90 bits per heavy atom. The number of halogens is 2. The van der Waals surface area contributed by atoms with Crippen LogP contribution in [0.2, 0.25) is 0 Å². The van der Waals surface area contributed by atoms with E-state index in [9.17, 15) is 18.4 Å². The monoisotopic (exact) mass is 314 g/mol. The SMILES string of the molecule is CCC1C(=O)NCCN1C(=O)CSc1ccc(F)cc1F. The average Bonchev–Trinajstić information content (AvgIpc) is 2.45. The van der Waals surface area contributed by atoms with Crippen LogP contribution in [0.25, 0.3) is 0 Å². The zero-order valence-electron chi connectivity index (χ0n) is 11.6. The van der Waals surface area contributed by atoms with Gasteiger partial charge >= 0.3 is 0 Å². The normalized spacial score (nSPS) is 18.5. The Bertz CT molecular complexity index is 554. The van der Waals surface area contributed by atoms with E-state index < -0.39 is 17.7 Å². The van der Waals surface area contributed by atoms with E-state index in [1.54, 1.807) is 0 Å². The van der Waals surface area contributed by atoms with Crippen LogP contribution >= 0.6 is 11.8 Å². The Morgan fingerprint density at radius 2 is 2.24 bits per heavy atom. The van der Waals surface area contributed by atoms with Gasteiger partial charge in [0.1, 0.15) is 17.7 Å². The number of amides is 2. The van der Waals surface area contributed by atoms with E-state index in [0.29, 0.717) is 19.5 Å². The fourth-order valence-corrected chi connectivity index (χ4v) is 3.04. The van der Waals surface area contributed by atoms with E-state index in [0.717, 1.165) is 23.9 Å². The zero-order valence-corrected chi connectivity index (χ0v) is 12.4. The van der Waals surface area contributed by atoms with Crippen molar-refractivity contribution < 1.29 is 18.4 Å². The maximum absolute atomic E-state index is 13.5. The molecular formula is C14H16F2N2O2S. The van der Waals surface area contributed by atoms with Crippen molar-refractivity contribution in [3.8, 4) is 0 Å². The van der Waals surface area contributed by atoms with Crippen LogP contribution in [-0.2, 0) is 9.59 Å². The van der Waals surface area contributed by atoms with Crippen LogP contribution in [0, 0.1) is 11.6 Å². The van der Waals surface area contributed by atoms with Gasteiger partial charge in [0.15, 0.2) is 0 Å². The van der Waals surface area contributed by atoms with Crippen molar-refractivity contribution in [2.75, 3.05) is 18.8 Å². The van der Waals surface area contributed by atoms with Crippen LogP contribution in [0.15, 0.2) is 23.1 Å². The smallest absolute Gasteiger partial charge is 0.242 e. The van der Waals surface area contributed by atoms with Crippen LogP contribution in [0.5, 0.6) is 0 Å². The summed E-state index contributed by atoms with van der Waals surface area (Å²) < 4.78 is 26.3. The average molecular weight is 314 g/mol. The molecule has 21 heavy (non-hydrogen) atoms. The zero-order chi connectivity index (χ0) is 15.4. The molecule has 2 amide bonds. The molecule has 0 aromatic heterocycles. The lowest BCUT2D eigenvalue weighted by molar-refractivity contribution is -0.141. The standard InChI is InChI=1S/C14H16F2N2O2S/c1-2-11-14(20)17-5-6-18(11)13(19)8-21-12-4-3-9(15)7-10(12)16/h3-4,7,11H,2,5-6,8H2,1H3,(H,17,20). The fourth-order valence-electron chi connectivity index (χ4n) is 2.23. The van der Waals surface area contributed by atoms with Crippen molar-refractivity contribution in [2.24, 2.45) is 0 Å². The van der Waals surface area contributed by atoms with Gasteiger partial charge in [-0.2, -0.15) is 0 Å². The van der Waals surface area contributed by atoms with E-state index in [1.165, 1.54) is 11.0 Å². The largest absolute Gasteiger partial charge is 0.353 e. The third-order valence-corrected chi connectivity index (χ3v) is 4.32. The van der Waals surface area contributed by atoms with Crippen molar-refractivity contribution in [3.05, 3.63) is 29.8 Å². The summed E-state index contributed by atoms with van der Waals surface area (Å²) in [6.07, 6.45) is 0.535. The Kier molecular flexibility index (Phi) is 5.17. The van der Waals surface area contributed by atoms with Crippen LogP contribution in [-0.4, -0.2) is 41.6 Å². The van der Waals surface area contributed by atoms with Crippen molar-refractivity contribution in [3.63, 3.8) is 0 Å². The fraction of sp³-hybridized carbons (Fsp3) is 0.429. The molecule has 1 N–H and O–H groups in total. The summed E-state index contributed by atoms with van der Waals surface area (Å²) >= 11 is 1.01. The van der Waals surface area contributed by atoms with Gasteiger partial charge in [0.2, 0.25) is 11.8 Å². The second kappa shape index (κ2) is 6.89. The number of thioether (sulfide) groups is 1. The van der Waals surface area contributed by atoms with E-state index in [-0.39, 0.29) is 22.5 Å². The topological polar surface area (TPSA) is 49.4 Å². The van der Waals surface area contributed by atoms with Crippen molar-refractivity contribution in [1.82, 2.24) is 10.2 Å². The number of carbonyl (C=O) groups is 2. The number of nitrogens with zero attached hydrogens (tertiary/aromatic N) is 1. The van der Waals surface area contributed by atoms with Crippen molar-refractivity contribution >= 4 is 23.6 Å². The van der Waals surface area contributed by atoms with E-state index in [1.807, 2.05) is 6.92 Å². The molecule has 114 valence electrons. The summed E-state index contributed by atoms with van der Waals surface area (Å²) in [6, 6.07) is 2.78. The maximum Gasteiger partial charge on any atom is 0.242 e. The van der Waals surface area contributed by atoms with E-state index >= 15 is 0 Å². The lowest BCUT2D eigenvalue weighted by Crippen LogP contribution is -2.57. The Hall–Kier alpha value is -1.63. The van der Waals surface area contributed by atoms with Crippen molar-refractivity contribution in [1.29, 1.82) is 0 Å². The highest BCUT2D eigenvalue weighted by Crippen LogP contribution is 2.23. The number of carbonyl (C=O) groups excluding carboxylic acids is 2. The molecule has 1 aromatic rings. The Balaban J connectivity index is 1.99. The molecule has 0 saturated carbocycles. The van der Waals surface area contributed by atoms with Crippen LogP contribution < -0.4 is 5.32 Å². The number of benzene rings is 1. The molecule has 7 heteroatoms. The molecule has 1 atom stereocenters. The summed E-state index contributed by atoms with van der Waals surface area (Å²) in [4.78, 5) is 25.6. The molecule has 0 aliphatic carbocycles. The maximum atomic E-state index is 13.5. The summed E-state index contributed by atoms with van der Waals surface area (Å²) in [5.74, 6) is -1.69. The molecule has 1 aliphatic heterocycles. The van der Waals surface area contributed by atoms with E-state index in [2.05, 4.69) is 5.32 Å². The second-order valence-electron chi connectivity index (χ2n) is 4.67. The highest BCUT2D eigenvalue weighted by molar-refractivity contribution is 8.00. The second-order valence-corrected chi connectivity index (χ2v) is 5.68. The third kappa shape index (κ3) is 3.72. The van der Waals surface area contributed by atoms with Gasteiger partial charge < -0.3 is 10.2 Å². The quantitative estimate of drug-likeness (QED) is 0.862. The summed E-state index contributed by atoms with van der Waals surface area (Å²) in [5, 5.41) is 2.72. The summed E-state index contributed by atoms with van der Waals surface area (Å²) in [6.45, 7) is 2.72. The first-order chi connectivity index (χ1) is 10.0. The van der Waals surface area contributed by atoms with Gasteiger partial charge in [-0.3, -0.25) is 9.59 Å². The van der Waals surface area contributed by atoms with E-state index in [4.69, 9.17) is 0 Å². The number of nitrogens with one attached hydrogen (secondary N) is 1. The highest BCUT2D eigenvalue weighted by Gasteiger charge is 2.31. The molecule has 2 rings (SSSR count). The van der Waals surface area contributed by atoms with Gasteiger partial charge in [-0.25, -0.2) is 8.78 Å². The third-order valence-electron chi connectivity index (χ3n) is 3.28. The summed E-state index contributed by atoms with van der Waals surface area (Å²) in [7, 11) is 0. The molecule has 1 aliphatic rings. The minimum Gasteiger partial charge on any atom is -0.353 e. The molecular weight excluding hydrogens is 298 g/mol. The van der Waals surface area contributed by atoms with Gasteiger partial charge in [0.25, 0.3) is 0 Å². The highest BCUT2D eigenvalue weighted by atomic mass is 32.2. The van der Waals surface area contributed by atoms with Crippen LogP contribution in [0.3, 0.4) is 0 Å². The van der Waals surface area contributed by atoms with Crippen molar-refractivity contribution in [2.45, 2.75) is 24.3 Å².